The molecule has 0 aromatic heterocycles. The van der Waals surface area contributed by atoms with Gasteiger partial charge in [-0.2, -0.15) is 0 Å². The van der Waals surface area contributed by atoms with E-state index in [0.717, 1.165) is 19.4 Å². The second-order valence-electron chi connectivity index (χ2n) is 4.18. The summed E-state index contributed by atoms with van der Waals surface area (Å²) in [4.78, 5) is 24.7. The molecule has 0 aliphatic carbocycles. The van der Waals surface area contributed by atoms with Crippen LogP contribution < -0.4 is 16.4 Å². The smallest absolute Gasteiger partial charge is 0.321 e. The number of carbonyl (C=O) groups excluding carboxylic acids is 2. The minimum Gasteiger partial charge on any atom is -0.334 e. The fourth-order valence-corrected chi connectivity index (χ4v) is 1.81. The minimum absolute atomic E-state index is 0. The molecule has 1 heterocycles. The van der Waals surface area contributed by atoms with Crippen LogP contribution in [-0.4, -0.2) is 49.1 Å². The maximum Gasteiger partial charge on any atom is 0.321 e. The fraction of sp³-hybridized carbons (Fsp3) is 0.636. The quantitative estimate of drug-likeness (QED) is 0.623. The molecule has 0 spiro atoms. The molecular weight excluding hydrogens is 256 g/mol. The lowest BCUT2D eigenvalue weighted by molar-refractivity contribution is -0.121. The van der Waals surface area contributed by atoms with Crippen LogP contribution in [0.4, 0.5) is 4.79 Å². The van der Waals surface area contributed by atoms with Crippen molar-refractivity contribution in [2.75, 3.05) is 26.2 Å². The normalized spacial score (nSPS) is 19.5. The second kappa shape index (κ2) is 8.91. The number of likely N-dealkylation sites (tertiary alicyclic amines) is 1. The predicted molar refractivity (Wildman–Crippen MR) is 72.6 cm³/mol. The highest BCUT2D eigenvalue weighted by Gasteiger charge is 2.19. The molecule has 0 unspecified atom stereocenters. The summed E-state index contributed by atoms with van der Waals surface area (Å²) in [7, 11) is 0. The lowest BCUT2D eigenvalue weighted by Crippen LogP contribution is -2.49. The highest BCUT2D eigenvalue weighted by Crippen LogP contribution is 2.06. The number of amides is 3. The number of nitrogens with zero attached hydrogens (tertiary/aromatic N) is 1. The molecular formula is C11H21ClN4O2. The van der Waals surface area contributed by atoms with Crippen molar-refractivity contribution in [1.82, 2.24) is 15.5 Å². The third kappa shape index (κ3) is 6.58. The molecule has 1 aliphatic rings. The Morgan fingerprint density at radius 2 is 2.22 bits per heavy atom. The van der Waals surface area contributed by atoms with Gasteiger partial charge in [0, 0.05) is 19.1 Å². The van der Waals surface area contributed by atoms with E-state index in [9.17, 15) is 9.59 Å². The van der Waals surface area contributed by atoms with E-state index >= 15 is 0 Å². The molecule has 0 saturated carbocycles. The molecule has 6 nitrogen and oxygen atoms in total. The highest BCUT2D eigenvalue weighted by atomic mass is 35.5. The number of carbonyl (C=O) groups is 2. The Kier molecular flexibility index (Phi) is 8.36. The Balaban J connectivity index is 0.00000289. The molecule has 0 aromatic rings. The average molecular weight is 277 g/mol. The molecule has 1 rings (SSSR count). The van der Waals surface area contributed by atoms with Crippen LogP contribution in [0.25, 0.3) is 0 Å². The maximum absolute atomic E-state index is 11.5. The van der Waals surface area contributed by atoms with Crippen LogP contribution in [0.15, 0.2) is 12.7 Å². The zero-order valence-corrected chi connectivity index (χ0v) is 11.2. The number of halogens is 1. The Bertz CT molecular complexity index is 299. The Hall–Kier alpha value is -1.11. The van der Waals surface area contributed by atoms with Crippen LogP contribution in [0.5, 0.6) is 0 Å². The molecule has 7 heteroatoms. The van der Waals surface area contributed by atoms with E-state index in [-0.39, 0.29) is 30.9 Å². The number of urea groups is 1. The van der Waals surface area contributed by atoms with Gasteiger partial charge >= 0.3 is 6.03 Å². The summed E-state index contributed by atoms with van der Waals surface area (Å²) in [5.74, 6) is -0.305. The molecule has 3 amide bonds. The molecule has 1 fully saturated rings. The molecule has 1 atom stereocenters. The van der Waals surface area contributed by atoms with Crippen LogP contribution in [0, 0.1) is 0 Å². The van der Waals surface area contributed by atoms with Gasteiger partial charge in [0.1, 0.15) is 0 Å². The lowest BCUT2D eigenvalue weighted by Gasteiger charge is -2.29. The SMILES string of the molecule is C=CCNC(=O)NC(=O)CN1CCC[C@@H](N)C1.Cl. The van der Waals surface area contributed by atoms with Crippen molar-refractivity contribution in [1.29, 1.82) is 0 Å². The third-order valence-corrected chi connectivity index (χ3v) is 2.57. The first-order chi connectivity index (χ1) is 8.11. The van der Waals surface area contributed by atoms with Crippen molar-refractivity contribution in [2.45, 2.75) is 18.9 Å². The van der Waals surface area contributed by atoms with E-state index in [1.807, 2.05) is 4.90 Å². The van der Waals surface area contributed by atoms with Gasteiger partial charge in [0.15, 0.2) is 0 Å². The van der Waals surface area contributed by atoms with Crippen molar-refractivity contribution in [3.63, 3.8) is 0 Å². The number of nitrogens with two attached hydrogens (primary N) is 1. The largest absolute Gasteiger partial charge is 0.334 e. The average Bonchev–Trinajstić information content (AvgIpc) is 2.26. The van der Waals surface area contributed by atoms with E-state index < -0.39 is 6.03 Å². The van der Waals surface area contributed by atoms with E-state index in [2.05, 4.69) is 17.2 Å². The van der Waals surface area contributed by atoms with Crippen molar-refractivity contribution >= 4 is 24.3 Å². The number of nitrogens with one attached hydrogen (secondary N) is 2. The molecule has 18 heavy (non-hydrogen) atoms. The highest BCUT2D eigenvalue weighted by molar-refractivity contribution is 5.95. The molecule has 1 saturated heterocycles. The van der Waals surface area contributed by atoms with Crippen LogP contribution in [0.2, 0.25) is 0 Å². The monoisotopic (exact) mass is 276 g/mol. The van der Waals surface area contributed by atoms with Gasteiger partial charge in [0.2, 0.25) is 5.91 Å². The number of hydrogen-bond acceptors (Lipinski definition) is 4. The number of rotatable bonds is 4. The number of piperidine rings is 1. The summed E-state index contributed by atoms with van der Waals surface area (Å²) in [6.45, 7) is 5.59. The molecule has 1 aliphatic heterocycles. The minimum atomic E-state index is -0.490. The first kappa shape index (κ1) is 16.9. The van der Waals surface area contributed by atoms with Crippen LogP contribution in [0.1, 0.15) is 12.8 Å². The summed E-state index contributed by atoms with van der Waals surface area (Å²) < 4.78 is 0. The Morgan fingerprint density at radius 3 is 2.83 bits per heavy atom. The Labute approximate surface area is 113 Å². The molecule has 4 N–H and O–H groups in total. The van der Waals surface area contributed by atoms with Crippen molar-refractivity contribution in [3.05, 3.63) is 12.7 Å². The molecule has 0 radical (unpaired) electrons. The number of imide groups is 1. The predicted octanol–water partition coefficient (Wildman–Crippen LogP) is -0.157. The van der Waals surface area contributed by atoms with E-state index in [1.165, 1.54) is 0 Å². The van der Waals surface area contributed by atoms with Crippen molar-refractivity contribution in [3.8, 4) is 0 Å². The van der Waals surface area contributed by atoms with E-state index in [1.54, 1.807) is 6.08 Å². The van der Waals surface area contributed by atoms with Gasteiger partial charge in [-0.05, 0) is 19.4 Å². The molecule has 0 aromatic carbocycles. The summed E-state index contributed by atoms with van der Waals surface area (Å²) >= 11 is 0. The first-order valence-corrected chi connectivity index (χ1v) is 5.78. The zero-order valence-electron chi connectivity index (χ0n) is 10.4. The zero-order chi connectivity index (χ0) is 12.7. The van der Waals surface area contributed by atoms with Gasteiger partial charge in [0.25, 0.3) is 0 Å². The fourth-order valence-electron chi connectivity index (χ4n) is 1.81. The standard InChI is InChI=1S/C11H20N4O2.ClH/c1-2-5-13-11(17)14-10(16)8-15-6-3-4-9(12)7-15;/h2,9H,1,3-8,12H2,(H2,13,14,16,17);1H/t9-;/m1./s1. The van der Waals surface area contributed by atoms with Gasteiger partial charge in [0.05, 0.1) is 6.54 Å². The number of hydrogen-bond donors (Lipinski definition) is 3. The summed E-state index contributed by atoms with van der Waals surface area (Å²) in [5.41, 5.74) is 5.80. The van der Waals surface area contributed by atoms with Crippen LogP contribution in [-0.2, 0) is 4.79 Å². The van der Waals surface area contributed by atoms with E-state index in [0.29, 0.717) is 13.1 Å². The van der Waals surface area contributed by atoms with Crippen molar-refractivity contribution < 1.29 is 9.59 Å². The first-order valence-electron chi connectivity index (χ1n) is 5.78. The van der Waals surface area contributed by atoms with Gasteiger partial charge in [-0.1, -0.05) is 6.08 Å². The van der Waals surface area contributed by atoms with Crippen LogP contribution in [0.3, 0.4) is 0 Å². The lowest BCUT2D eigenvalue weighted by atomic mass is 10.1. The summed E-state index contributed by atoms with van der Waals surface area (Å²) in [6, 6.07) is -0.359. The molecule has 0 bridgehead atoms. The van der Waals surface area contributed by atoms with Crippen molar-refractivity contribution in [2.24, 2.45) is 5.73 Å². The second-order valence-corrected chi connectivity index (χ2v) is 4.18. The van der Waals surface area contributed by atoms with Gasteiger partial charge in [-0.15, -0.1) is 19.0 Å². The summed E-state index contributed by atoms with van der Waals surface area (Å²) in [5, 5.41) is 4.73. The van der Waals surface area contributed by atoms with Crippen LogP contribution >= 0.6 is 12.4 Å². The third-order valence-electron chi connectivity index (χ3n) is 2.57. The Morgan fingerprint density at radius 1 is 1.50 bits per heavy atom. The molecule has 104 valence electrons. The van der Waals surface area contributed by atoms with Gasteiger partial charge in [-0.25, -0.2) is 4.79 Å². The van der Waals surface area contributed by atoms with Gasteiger partial charge < -0.3 is 11.1 Å². The topological polar surface area (TPSA) is 87.5 Å². The summed E-state index contributed by atoms with van der Waals surface area (Å²) in [6.07, 6.45) is 3.54. The van der Waals surface area contributed by atoms with Gasteiger partial charge in [-0.3, -0.25) is 15.0 Å². The van der Waals surface area contributed by atoms with E-state index in [4.69, 9.17) is 5.73 Å². The maximum atomic E-state index is 11.5.